The van der Waals surface area contributed by atoms with E-state index in [0.29, 0.717) is 33.7 Å². The van der Waals surface area contributed by atoms with Crippen molar-refractivity contribution in [2.24, 2.45) is 0 Å². The number of rotatable bonds is 18. The number of ether oxygens (including phenoxy) is 2. The van der Waals surface area contributed by atoms with Gasteiger partial charge >= 0.3 is 0 Å². The highest BCUT2D eigenvalue weighted by atomic mass is 32.1. The van der Waals surface area contributed by atoms with Crippen LogP contribution in [0.25, 0.3) is 41.1 Å². The highest BCUT2D eigenvalue weighted by Crippen LogP contribution is 2.44. The maximum Gasteiger partial charge on any atom is 0.149 e. The molecule has 0 saturated carbocycles. The summed E-state index contributed by atoms with van der Waals surface area (Å²) in [5, 5.41) is 1.07. The van der Waals surface area contributed by atoms with Crippen LogP contribution < -0.4 is 9.47 Å². The average molecular weight is 635 g/mol. The van der Waals surface area contributed by atoms with Crippen LogP contribution in [0, 0.1) is 11.6 Å². The van der Waals surface area contributed by atoms with E-state index in [-0.39, 0.29) is 11.6 Å². The molecule has 234 valence electrons. The highest BCUT2D eigenvalue weighted by molar-refractivity contribution is 7.24. The lowest BCUT2D eigenvalue weighted by Crippen LogP contribution is -1.97. The Kier molecular flexibility index (Phi) is 12.1. The second kappa shape index (κ2) is 16.4. The molecule has 2 aromatic heterocycles. The van der Waals surface area contributed by atoms with Gasteiger partial charge in [0.1, 0.15) is 23.1 Å². The highest BCUT2D eigenvalue weighted by Gasteiger charge is 2.19. The number of halogens is 2. The summed E-state index contributed by atoms with van der Waals surface area (Å²) >= 11 is 2.73. The molecule has 0 unspecified atom stereocenters. The van der Waals surface area contributed by atoms with E-state index in [0.717, 1.165) is 44.9 Å². The minimum Gasteiger partial charge on any atom is -0.494 e. The Morgan fingerprint density at radius 1 is 0.500 bits per heavy atom. The lowest BCUT2D eigenvalue weighted by Gasteiger charge is -2.07. The van der Waals surface area contributed by atoms with Crippen molar-refractivity contribution < 1.29 is 18.3 Å². The summed E-state index contributed by atoms with van der Waals surface area (Å²) in [5.74, 6) is 1.09. The smallest absolute Gasteiger partial charge is 0.149 e. The van der Waals surface area contributed by atoms with E-state index in [9.17, 15) is 0 Å². The van der Waals surface area contributed by atoms with Gasteiger partial charge in [0.25, 0.3) is 0 Å². The fourth-order valence-electron chi connectivity index (χ4n) is 5.55. The van der Waals surface area contributed by atoms with Crippen LogP contribution in [0.2, 0.25) is 0 Å². The van der Waals surface area contributed by atoms with Gasteiger partial charge in [0.05, 0.1) is 23.0 Å². The molecule has 2 nitrogen and oxygen atoms in total. The summed E-state index contributed by atoms with van der Waals surface area (Å²) < 4.78 is 44.6. The van der Waals surface area contributed by atoms with E-state index in [1.54, 1.807) is 12.1 Å². The second-order valence-electron chi connectivity index (χ2n) is 11.6. The molecule has 0 saturated heterocycles. The third kappa shape index (κ3) is 8.19. The topological polar surface area (TPSA) is 18.5 Å². The van der Waals surface area contributed by atoms with Crippen LogP contribution in [0.15, 0.2) is 60.7 Å². The zero-order chi connectivity index (χ0) is 30.7. The molecule has 44 heavy (non-hydrogen) atoms. The zero-order valence-corrected chi connectivity index (χ0v) is 27.7. The van der Waals surface area contributed by atoms with Gasteiger partial charge in [-0.15, -0.1) is 22.7 Å². The summed E-state index contributed by atoms with van der Waals surface area (Å²) in [5.41, 5.74) is 1.61. The fourth-order valence-corrected chi connectivity index (χ4v) is 7.76. The van der Waals surface area contributed by atoms with Crippen LogP contribution in [0.5, 0.6) is 11.5 Å². The van der Waals surface area contributed by atoms with Gasteiger partial charge in [-0.3, -0.25) is 0 Å². The molecule has 5 aromatic rings. The molecule has 6 heteroatoms. The molecule has 0 spiro atoms. The average Bonchev–Trinajstić information content (AvgIpc) is 3.55. The largest absolute Gasteiger partial charge is 0.494 e. The molecule has 2 heterocycles. The van der Waals surface area contributed by atoms with Crippen molar-refractivity contribution in [3.63, 3.8) is 0 Å². The van der Waals surface area contributed by atoms with Crippen LogP contribution in [-0.4, -0.2) is 13.2 Å². The van der Waals surface area contributed by atoms with E-state index >= 15 is 8.78 Å². The number of thiophene rings is 2. The first-order chi connectivity index (χ1) is 21.6. The molecule has 0 radical (unpaired) electrons. The van der Waals surface area contributed by atoms with Gasteiger partial charge in [0, 0.05) is 20.2 Å². The summed E-state index contributed by atoms with van der Waals surface area (Å²) in [7, 11) is 0. The van der Waals surface area contributed by atoms with Gasteiger partial charge in [-0.05, 0) is 84.6 Å². The summed E-state index contributed by atoms with van der Waals surface area (Å²) in [6, 6.07) is 18.9. The molecular weight excluding hydrogens is 591 g/mol. The number of benzene rings is 3. The molecule has 5 rings (SSSR count). The van der Waals surface area contributed by atoms with Crippen molar-refractivity contribution in [2.75, 3.05) is 13.2 Å². The quantitative estimate of drug-likeness (QED) is 0.0893. The Bertz CT molecular complexity index is 1480. The lowest BCUT2D eigenvalue weighted by molar-refractivity contribution is 0.304. The number of hydrogen-bond acceptors (Lipinski definition) is 4. The molecule has 0 N–H and O–H groups in total. The maximum absolute atomic E-state index is 15.7. The normalized spacial score (nSPS) is 11.5. The first-order valence-corrected chi connectivity index (χ1v) is 18.0. The predicted octanol–water partition coefficient (Wildman–Crippen LogP) is 13.2. The van der Waals surface area contributed by atoms with Crippen molar-refractivity contribution >= 4 is 42.8 Å². The van der Waals surface area contributed by atoms with Gasteiger partial charge in [-0.25, -0.2) is 8.78 Å². The number of unbranched alkanes of at least 4 members (excludes halogenated alkanes) is 10. The summed E-state index contributed by atoms with van der Waals surface area (Å²) in [4.78, 5) is 1.13. The Morgan fingerprint density at radius 3 is 1.25 bits per heavy atom. The molecule has 0 bridgehead atoms. The minimum atomic E-state index is -0.255. The Labute approximate surface area is 269 Å². The lowest BCUT2D eigenvalue weighted by atomic mass is 10.1. The van der Waals surface area contributed by atoms with Gasteiger partial charge in [-0.2, -0.15) is 0 Å². The van der Waals surface area contributed by atoms with Gasteiger partial charge in [0.15, 0.2) is 0 Å². The standard InChI is InChI=1S/C38H44F2O2S2/c1-3-5-7-9-11-13-23-41-29-19-15-27(16-20-29)37-35(39)31-25-34-32(26-33(31)43-37)36(40)38(44-34)28-17-21-30(22-18-28)42-24-14-12-10-8-6-4-2/h15-22,25-26H,3-14,23-24H2,1-2H3. The van der Waals surface area contributed by atoms with E-state index in [1.165, 1.54) is 86.9 Å². The minimum absolute atomic E-state index is 0.255. The van der Waals surface area contributed by atoms with Crippen molar-refractivity contribution in [1.82, 2.24) is 0 Å². The van der Waals surface area contributed by atoms with Crippen molar-refractivity contribution in [3.8, 4) is 32.4 Å². The Hall–Kier alpha value is -2.96. The van der Waals surface area contributed by atoms with Gasteiger partial charge < -0.3 is 9.47 Å². The van der Waals surface area contributed by atoms with E-state index in [1.807, 2.05) is 48.5 Å². The molecule has 0 atom stereocenters. The zero-order valence-electron chi connectivity index (χ0n) is 26.1. The third-order valence-corrected chi connectivity index (χ3v) is 10.5. The van der Waals surface area contributed by atoms with E-state index < -0.39 is 0 Å². The Morgan fingerprint density at radius 2 is 0.864 bits per heavy atom. The summed E-state index contributed by atoms with van der Waals surface area (Å²) in [6.07, 6.45) is 14.7. The summed E-state index contributed by atoms with van der Waals surface area (Å²) in [6.45, 7) is 5.85. The van der Waals surface area contributed by atoms with Crippen LogP contribution in [0.4, 0.5) is 8.78 Å². The van der Waals surface area contributed by atoms with E-state index in [4.69, 9.17) is 9.47 Å². The van der Waals surface area contributed by atoms with Crippen molar-refractivity contribution in [2.45, 2.75) is 90.9 Å². The van der Waals surface area contributed by atoms with E-state index in [2.05, 4.69) is 13.8 Å². The molecule has 3 aromatic carbocycles. The van der Waals surface area contributed by atoms with Crippen molar-refractivity contribution in [1.29, 1.82) is 0 Å². The molecule has 0 aliphatic rings. The molecule has 0 aliphatic heterocycles. The second-order valence-corrected chi connectivity index (χ2v) is 13.7. The first kappa shape index (κ1) is 32.4. The van der Waals surface area contributed by atoms with Crippen LogP contribution in [0.3, 0.4) is 0 Å². The predicted molar refractivity (Wildman–Crippen MR) is 186 cm³/mol. The monoisotopic (exact) mass is 634 g/mol. The van der Waals surface area contributed by atoms with Crippen LogP contribution in [0.1, 0.15) is 90.9 Å². The van der Waals surface area contributed by atoms with Gasteiger partial charge in [0.2, 0.25) is 0 Å². The molecular formula is C38H44F2O2S2. The first-order valence-electron chi connectivity index (χ1n) is 16.4. The Balaban J connectivity index is 1.22. The third-order valence-electron chi connectivity index (χ3n) is 8.14. The van der Waals surface area contributed by atoms with Crippen LogP contribution in [-0.2, 0) is 0 Å². The van der Waals surface area contributed by atoms with Crippen LogP contribution >= 0.6 is 22.7 Å². The van der Waals surface area contributed by atoms with Crippen molar-refractivity contribution in [3.05, 3.63) is 72.3 Å². The van der Waals surface area contributed by atoms with Gasteiger partial charge in [-0.1, -0.05) is 78.1 Å². The molecule has 0 aliphatic carbocycles. The molecule has 0 fully saturated rings. The number of fused-ring (bicyclic) bond motifs is 2. The fraction of sp³-hybridized carbons (Fsp3) is 0.421. The molecule has 0 amide bonds. The number of hydrogen-bond donors (Lipinski definition) is 0. The SMILES string of the molecule is CCCCCCCCOc1ccc(-c2sc3cc4c(F)c(-c5ccc(OCCCCCCCC)cc5)sc4cc3c2F)cc1. The maximum atomic E-state index is 15.7.